The number of nitrogens with zero attached hydrogens (tertiary/aromatic N) is 1. The van der Waals surface area contributed by atoms with Crippen molar-refractivity contribution >= 4 is 0 Å². The van der Waals surface area contributed by atoms with Crippen molar-refractivity contribution in [3.8, 4) is 0 Å². The molecule has 3 heteroatoms. The molecule has 1 unspecified atom stereocenters. The zero-order valence-electron chi connectivity index (χ0n) is 12.7. The minimum atomic E-state index is 0.180. The number of ether oxygens (including phenoxy) is 1. The van der Waals surface area contributed by atoms with E-state index in [-0.39, 0.29) is 5.54 Å². The van der Waals surface area contributed by atoms with Crippen molar-refractivity contribution in [1.82, 2.24) is 10.2 Å². The highest BCUT2D eigenvalue weighted by molar-refractivity contribution is 4.73. The molecule has 0 heterocycles. The molecule has 1 atom stereocenters. The van der Waals surface area contributed by atoms with Crippen LogP contribution in [-0.2, 0) is 4.74 Å². The van der Waals surface area contributed by atoms with Gasteiger partial charge in [0, 0.05) is 18.7 Å². The van der Waals surface area contributed by atoms with Crippen LogP contribution in [0, 0.1) is 0 Å². The molecule has 0 aromatic rings. The lowest BCUT2D eigenvalue weighted by atomic mass is 10.1. The van der Waals surface area contributed by atoms with E-state index in [1.165, 1.54) is 6.42 Å². The second-order valence-electron chi connectivity index (χ2n) is 6.07. The van der Waals surface area contributed by atoms with Gasteiger partial charge in [-0.2, -0.15) is 0 Å². The van der Waals surface area contributed by atoms with Crippen LogP contribution in [0.2, 0.25) is 0 Å². The van der Waals surface area contributed by atoms with Gasteiger partial charge in [-0.1, -0.05) is 13.3 Å². The average Bonchev–Trinajstić information content (AvgIpc) is 2.19. The molecule has 1 N–H and O–H groups in total. The van der Waals surface area contributed by atoms with Crippen LogP contribution in [-0.4, -0.2) is 50.3 Å². The molecular formula is C14H32N2O. The highest BCUT2D eigenvalue weighted by Gasteiger charge is 2.13. The minimum Gasteiger partial charge on any atom is -0.377 e. The summed E-state index contributed by atoms with van der Waals surface area (Å²) in [6.07, 6.45) is 3.80. The van der Waals surface area contributed by atoms with Crippen LogP contribution in [0.25, 0.3) is 0 Å². The Hall–Kier alpha value is -0.120. The largest absolute Gasteiger partial charge is 0.377 e. The van der Waals surface area contributed by atoms with Crippen LogP contribution in [0.4, 0.5) is 0 Å². The summed E-state index contributed by atoms with van der Waals surface area (Å²) in [6.45, 7) is 11.7. The van der Waals surface area contributed by atoms with E-state index in [0.29, 0.717) is 6.10 Å². The van der Waals surface area contributed by atoms with Crippen LogP contribution < -0.4 is 5.32 Å². The molecule has 3 nitrogen and oxygen atoms in total. The smallest absolute Gasteiger partial charge is 0.0699 e. The summed E-state index contributed by atoms with van der Waals surface area (Å²) in [5.74, 6) is 0. The number of hydrogen-bond acceptors (Lipinski definition) is 3. The predicted octanol–water partition coefficient (Wildman–Crippen LogP) is 2.51. The first-order chi connectivity index (χ1) is 7.85. The normalized spacial score (nSPS) is 14.3. The molecule has 0 aliphatic heterocycles. The van der Waals surface area contributed by atoms with Gasteiger partial charge in [0.05, 0.1) is 6.10 Å². The fourth-order valence-corrected chi connectivity index (χ4v) is 1.62. The molecular weight excluding hydrogens is 212 g/mol. The first kappa shape index (κ1) is 16.9. The van der Waals surface area contributed by atoms with Crippen LogP contribution >= 0.6 is 0 Å². The van der Waals surface area contributed by atoms with Gasteiger partial charge in [-0.25, -0.2) is 0 Å². The standard InChI is InChI=1S/C14H32N2O/c1-7-9-13(12-15-14(2,3)4)17-11-8-10-16(5)6/h13,15H,7-12H2,1-6H3. The summed E-state index contributed by atoms with van der Waals surface area (Å²) in [5.41, 5.74) is 0.180. The highest BCUT2D eigenvalue weighted by Crippen LogP contribution is 2.05. The first-order valence-electron chi connectivity index (χ1n) is 6.86. The van der Waals surface area contributed by atoms with Crippen LogP contribution in [0.3, 0.4) is 0 Å². The lowest BCUT2D eigenvalue weighted by Crippen LogP contribution is -2.41. The van der Waals surface area contributed by atoms with E-state index < -0.39 is 0 Å². The van der Waals surface area contributed by atoms with Crippen molar-refractivity contribution in [2.75, 3.05) is 33.8 Å². The second-order valence-corrected chi connectivity index (χ2v) is 6.07. The number of rotatable bonds is 9. The van der Waals surface area contributed by atoms with Crippen molar-refractivity contribution in [3.63, 3.8) is 0 Å². The van der Waals surface area contributed by atoms with E-state index in [1.54, 1.807) is 0 Å². The fraction of sp³-hybridized carbons (Fsp3) is 1.00. The van der Waals surface area contributed by atoms with Crippen molar-refractivity contribution in [2.24, 2.45) is 0 Å². The average molecular weight is 244 g/mol. The van der Waals surface area contributed by atoms with E-state index in [1.807, 2.05) is 0 Å². The summed E-state index contributed by atoms with van der Waals surface area (Å²) in [7, 11) is 4.20. The predicted molar refractivity (Wildman–Crippen MR) is 75.6 cm³/mol. The Labute approximate surface area is 108 Å². The molecule has 0 rings (SSSR count). The molecule has 17 heavy (non-hydrogen) atoms. The van der Waals surface area contributed by atoms with Gasteiger partial charge in [0.2, 0.25) is 0 Å². The maximum Gasteiger partial charge on any atom is 0.0699 e. The SMILES string of the molecule is CCCC(CNC(C)(C)C)OCCCN(C)C. The lowest BCUT2D eigenvalue weighted by molar-refractivity contribution is 0.0390. The Morgan fingerprint density at radius 3 is 2.35 bits per heavy atom. The van der Waals surface area contributed by atoms with E-state index >= 15 is 0 Å². The van der Waals surface area contributed by atoms with E-state index in [4.69, 9.17) is 4.74 Å². The second kappa shape index (κ2) is 8.90. The minimum absolute atomic E-state index is 0.180. The molecule has 0 fully saturated rings. The van der Waals surface area contributed by atoms with E-state index in [2.05, 4.69) is 52.0 Å². The summed E-state index contributed by atoms with van der Waals surface area (Å²) >= 11 is 0. The van der Waals surface area contributed by atoms with Gasteiger partial charge < -0.3 is 15.0 Å². The van der Waals surface area contributed by atoms with Crippen molar-refractivity contribution in [3.05, 3.63) is 0 Å². The van der Waals surface area contributed by atoms with Gasteiger partial charge in [0.25, 0.3) is 0 Å². The first-order valence-corrected chi connectivity index (χ1v) is 6.86. The van der Waals surface area contributed by atoms with Gasteiger partial charge in [0.15, 0.2) is 0 Å². The number of nitrogens with one attached hydrogen (secondary N) is 1. The molecule has 0 aromatic heterocycles. The zero-order valence-corrected chi connectivity index (χ0v) is 12.7. The van der Waals surface area contributed by atoms with Crippen molar-refractivity contribution < 1.29 is 4.74 Å². The van der Waals surface area contributed by atoms with Gasteiger partial charge in [-0.3, -0.25) is 0 Å². The summed E-state index contributed by atoms with van der Waals surface area (Å²) in [4.78, 5) is 2.20. The van der Waals surface area contributed by atoms with Crippen LogP contribution in [0.15, 0.2) is 0 Å². The molecule has 0 bridgehead atoms. The molecule has 0 spiro atoms. The van der Waals surface area contributed by atoms with Gasteiger partial charge >= 0.3 is 0 Å². The molecule has 0 aromatic carbocycles. The van der Waals surface area contributed by atoms with E-state index in [9.17, 15) is 0 Å². The monoisotopic (exact) mass is 244 g/mol. The van der Waals surface area contributed by atoms with Crippen molar-refractivity contribution in [1.29, 1.82) is 0 Å². The molecule has 0 aliphatic carbocycles. The molecule has 0 amide bonds. The Balaban J connectivity index is 3.74. The molecule has 0 saturated carbocycles. The zero-order chi connectivity index (χ0) is 13.3. The van der Waals surface area contributed by atoms with Gasteiger partial charge in [-0.05, 0) is 54.3 Å². The molecule has 0 aliphatic rings. The third-order valence-corrected chi connectivity index (χ3v) is 2.57. The molecule has 104 valence electrons. The topological polar surface area (TPSA) is 24.5 Å². The quantitative estimate of drug-likeness (QED) is 0.631. The number of hydrogen-bond donors (Lipinski definition) is 1. The third kappa shape index (κ3) is 12.1. The summed E-state index contributed by atoms with van der Waals surface area (Å²) in [5, 5.41) is 3.52. The molecule has 0 saturated heterocycles. The van der Waals surface area contributed by atoms with Crippen LogP contribution in [0.5, 0.6) is 0 Å². The van der Waals surface area contributed by atoms with E-state index in [0.717, 1.165) is 32.5 Å². The lowest BCUT2D eigenvalue weighted by Gasteiger charge is -2.25. The van der Waals surface area contributed by atoms with Crippen LogP contribution in [0.1, 0.15) is 47.0 Å². The Kier molecular flexibility index (Phi) is 8.83. The molecule has 0 radical (unpaired) electrons. The Bertz CT molecular complexity index is 176. The summed E-state index contributed by atoms with van der Waals surface area (Å²) < 4.78 is 5.94. The third-order valence-electron chi connectivity index (χ3n) is 2.57. The maximum atomic E-state index is 5.94. The van der Waals surface area contributed by atoms with Crippen molar-refractivity contribution in [2.45, 2.75) is 58.6 Å². The van der Waals surface area contributed by atoms with Gasteiger partial charge in [0.1, 0.15) is 0 Å². The maximum absolute atomic E-state index is 5.94. The Morgan fingerprint density at radius 2 is 1.88 bits per heavy atom. The van der Waals surface area contributed by atoms with Gasteiger partial charge in [-0.15, -0.1) is 0 Å². The summed E-state index contributed by atoms with van der Waals surface area (Å²) in [6, 6.07) is 0. The fourth-order valence-electron chi connectivity index (χ4n) is 1.62. The highest BCUT2D eigenvalue weighted by atomic mass is 16.5. The Morgan fingerprint density at radius 1 is 1.24 bits per heavy atom.